The van der Waals surface area contributed by atoms with Crippen LogP contribution in [0.5, 0.6) is 5.75 Å². The molecule has 0 spiro atoms. The van der Waals surface area contributed by atoms with Crippen LogP contribution >= 0.6 is 0 Å². The molecule has 1 saturated heterocycles. The molecule has 2 unspecified atom stereocenters. The first-order chi connectivity index (χ1) is 9.11. The molecule has 1 aliphatic rings. The van der Waals surface area contributed by atoms with Crippen LogP contribution in [0, 0.1) is 11.7 Å². The van der Waals surface area contributed by atoms with E-state index in [1.807, 2.05) is 0 Å². The SMILES string of the molecule is COc1cccc(F)c1C(=O)NC1CNCC(C)C1. The van der Waals surface area contributed by atoms with E-state index >= 15 is 0 Å². The minimum Gasteiger partial charge on any atom is -0.496 e. The van der Waals surface area contributed by atoms with E-state index in [0.29, 0.717) is 12.5 Å². The van der Waals surface area contributed by atoms with Crippen LogP contribution in [0.3, 0.4) is 0 Å². The number of carbonyl (C=O) groups excluding carboxylic acids is 1. The summed E-state index contributed by atoms with van der Waals surface area (Å²) in [6, 6.07) is 4.40. The zero-order chi connectivity index (χ0) is 13.8. The van der Waals surface area contributed by atoms with E-state index in [0.717, 1.165) is 13.0 Å². The smallest absolute Gasteiger partial charge is 0.258 e. The summed E-state index contributed by atoms with van der Waals surface area (Å²) in [4.78, 5) is 12.2. The van der Waals surface area contributed by atoms with Crippen LogP contribution in [-0.2, 0) is 0 Å². The standard InChI is InChI=1S/C14H19FN2O2/c1-9-6-10(8-16-7-9)17-14(18)13-11(15)4-3-5-12(13)19-2/h3-5,9-10,16H,6-8H2,1-2H3,(H,17,18). The molecule has 2 N–H and O–H groups in total. The second-order valence-electron chi connectivity index (χ2n) is 4.99. The third-order valence-electron chi connectivity index (χ3n) is 3.33. The lowest BCUT2D eigenvalue weighted by Gasteiger charge is -2.28. The maximum Gasteiger partial charge on any atom is 0.258 e. The van der Waals surface area contributed by atoms with Gasteiger partial charge in [0, 0.05) is 12.6 Å². The molecule has 5 heteroatoms. The molecule has 1 aromatic carbocycles. The highest BCUT2D eigenvalue weighted by molar-refractivity contribution is 5.97. The highest BCUT2D eigenvalue weighted by atomic mass is 19.1. The zero-order valence-corrected chi connectivity index (χ0v) is 11.2. The van der Waals surface area contributed by atoms with Crippen molar-refractivity contribution in [1.82, 2.24) is 10.6 Å². The van der Waals surface area contributed by atoms with Gasteiger partial charge in [-0.3, -0.25) is 4.79 Å². The van der Waals surface area contributed by atoms with E-state index in [-0.39, 0.29) is 17.4 Å². The van der Waals surface area contributed by atoms with Gasteiger partial charge in [-0.2, -0.15) is 0 Å². The fourth-order valence-electron chi connectivity index (χ4n) is 2.42. The number of hydrogen-bond donors (Lipinski definition) is 2. The van der Waals surface area contributed by atoms with E-state index in [1.165, 1.54) is 19.2 Å². The van der Waals surface area contributed by atoms with Crippen molar-refractivity contribution in [3.63, 3.8) is 0 Å². The number of ether oxygens (including phenoxy) is 1. The van der Waals surface area contributed by atoms with Gasteiger partial charge in [0.2, 0.25) is 0 Å². The molecule has 1 heterocycles. The largest absolute Gasteiger partial charge is 0.496 e. The van der Waals surface area contributed by atoms with Gasteiger partial charge in [0.25, 0.3) is 5.91 Å². The molecule has 0 radical (unpaired) electrons. The Kier molecular flexibility index (Phi) is 4.37. The number of hydrogen-bond acceptors (Lipinski definition) is 3. The molecule has 0 bridgehead atoms. The number of methoxy groups -OCH3 is 1. The van der Waals surface area contributed by atoms with Crippen molar-refractivity contribution >= 4 is 5.91 Å². The summed E-state index contributed by atoms with van der Waals surface area (Å²) in [5.74, 6) is -0.222. The molecule has 0 aliphatic carbocycles. The maximum absolute atomic E-state index is 13.8. The summed E-state index contributed by atoms with van der Waals surface area (Å²) in [5, 5.41) is 6.10. The molecule has 1 fully saturated rings. The number of nitrogens with one attached hydrogen (secondary N) is 2. The third-order valence-corrected chi connectivity index (χ3v) is 3.33. The lowest BCUT2D eigenvalue weighted by atomic mass is 9.97. The van der Waals surface area contributed by atoms with Crippen LogP contribution in [0.2, 0.25) is 0 Å². The Labute approximate surface area is 112 Å². The quantitative estimate of drug-likeness (QED) is 0.873. The molecule has 0 saturated carbocycles. The second-order valence-corrected chi connectivity index (χ2v) is 4.99. The number of piperidine rings is 1. The summed E-state index contributed by atoms with van der Waals surface area (Å²) >= 11 is 0. The van der Waals surface area contributed by atoms with Crippen LogP contribution in [0.15, 0.2) is 18.2 Å². The van der Waals surface area contributed by atoms with Gasteiger partial charge in [0.1, 0.15) is 17.1 Å². The second kappa shape index (κ2) is 6.02. The lowest BCUT2D eigenvalue weighted by molar-refractivity contribution is 0.0918. The average molecular weight is 266 g/mol. The van der Waals surface area contributed by atoms with Gasteiger partial charge in [0.15, 0.2) is 0 Å². The number of halogens is 1. The molecular weight excluding hydrogens is 247 g/mol. The Bertz CT molecular complexity index is 465. The fourth-order valence-corrected chi connectivity index (χ4v) is 2.42. The highest BCUT2D eigenvalue weighted by Crippen LogP contribution is 2.21. The molecule has 1 aromatic rings. The van der Waals surface area contributed by atoms with Crippen molar-refractivity contribution in [2.24, 2.45) is 5.92 Å². The number of carbonyl (C=O) groups is 1. The van der Waals surface area contributed by atoms with Crippen molar-refractivity contribution in [3.05, 3.63) is 29.6 Å². The van der Waals surface area contributed by atoms with Gasteiger partial charge >= 0.3 is 0 Å². The van der Waals surface area contributed by atoms with Crippen molar-refractivity contribution in [2.45, 2.75) is 19.4 Å². The van der Waals surface area contributed by atoms with E-state index in [4.69, 9.17) is 4.74 Å². The van der Waals surface area contributed by atoms with Crippen molar-refractivity contribution in [2.75, 3.05) is 20.2 Å². The molecular formula is C14H19FN2O2. The first kappa shape index (κ1) is 13.8. The predicted octanol–water partition coefficient (Wildman–Crippen LogP) is 1.56. The van der Waals surface area contributed by atoms with Crippen molar-refractivity contribution < 1.29 is 13.9 Å². The summed E-state index contributed by atoms with van der Waals surface area (Å²) in [5.41, 5.74) is -0.0248. The summed E-state index contributed by atoms with van der Waals surface area (Å²) in [6.45, 7) is 3.79. The number of benzene rings is 1. The normalized spacial score (nSPS) is 22.9. The van der Waals surface area contributed by atoms with Crippen LogP contribution < -0.4 is 15.4 Å². The van der Waals surface area contributed by atoms with Crippen LogP contribution in [-0.4, -0.2) is 32.1 Å². The molecule has 2 atom stereocenters. The van der Waals surface area contributed by atoms with E-state index < -0.39 is 11.7 Å². The molecule has 1 amide bonds. The Morgan fingerprint density at radius 1 is 1.47 bits per heavy atom. The first-order valence-electron chi connectivity index (χ1n) is 6.46. The topological polar surface area (TPSA) is 50.4 Å². The number of amides is 1. The molecule has 0 aromatic heterocycles. The van der Waals surface area contributed by atoms with Gasteiger partial charge in [-0.15, -0.1) is 0 Å². The third kappa shape index (κ3) is 3.23. The monoisotopic (exact) mass is 266 g/mol. The van der Waals surface area contributed by atoms with Gasteiger partial charge in [-0.25, -0.2) is 4.39 Å². The van der Waals surface area contributed by atoms with Crippen LogP contribution in [0.25, 0.3) is 0 Å². The first-order valence-corrected chi connectivity index (χ1v) is 6.46. The molecule has 1 aliphatic heterocycles. The minimum atomic E-state index is -0.561. The molecule has 4 nitrogen and oxygen atoms in total. The number of rotatable bonds is 3. The van der Waals surface area contributed by atoms with Gasteiger partial charge < -0.3 is 15.4 Å². The zero-order valence-electron chi connectivity index (χ0n) is 11.2. The summed E-state index contributed by atoms with van der Waals surface area (Å²) in [7, 11) is 1.43. The Morgan fingerprint density at radius 2 is 2.26 bits per heavy atom. The molecule has 2 rings (SSSR count). The van der Waals surface area contributed by atoms with Gasteiger partial charge in [-0.1, -0.05) is 13.0 Å². The molecule has 104 valence electrons. The van der Waals surface area contributed by atoms with Gasteiger partial charge in [-0.05, 0) is 31.0 Å². The highest BCUT2D eigenvalue weighted by Gasteiger charge is 2.23. The Hall–Kier alpha value is -1.62. The lowest BCUT2D eigenvalue weighted by Crippen LogP contribution is -2.48. The molecule has 19 heavy (non-hydrogen) atoms. The average Bonchev–Trinajstić information content (AvgIpc) is 2.38. The minimum absolute atomic E-state index is 0.0248. The predicted molar refractivity (Wildman–Crippen MR) is 70.9 cm³/mol. The van der Waals surface area contributed by atoms with Crippen molar-refractivity contribution in [3.8, 4) is 5.75 Å². The van der Waals surface area contributed by atoms with E-state index in [1.54, 1.807) is 6.07 Å². The van der Waals surface area contributed by atoms with Crippen LogP contribution in [0.4, 0.5) is 4.39 Å². The van der Waals surface area contributed by atoms with E-state index in [2.05, 4.69) is 17.6 Å². The summed E-state index contributed by atoms with van der Waals surface area (Å²) < 4.78 is 18.8. The van der Waals surface area contributed by atoms with E-state index in [9.17, 15) is 9.18 Å². The fraction of sp³-hybridized carbons (Fsp3) is 0.500. The Morgan fingerprint density at radius 3 is 2.95 bits per heavy atom. The van der Waals surface area contributed by atoms with Crippen molar-refractivity contribution in [1.29, 1.82) is 0 Å². The maximum atomic E-state index is 13.8. The summed E-state index contributed by atoms with van der Waals surface area (Å²) in [6.07, 6.45) is 0.898. The Balaban J connectivity index is 2.11. The van der Waals surface area contributed by atoms with Gasteiger partial charge in [0.05, 0.1) is 7.11 Å². The van der Waals surface area contributed by atoms with Crippen LogP contribution in [0.1, 0.15) is 23.7 Å².